The molecule has 71 heavy (non-hydrogen) atoms. The van der Waals surface area contributed by atoms with Crippen molar-refractivity contribution in [3.63, 3.8) is 0 Å². The molecule has 0 saturated heterocycles. The first-order valence-electron chi connectivity index (χ1n) is 25.6. The van der Waals surface area contributed by atoms with Gasteiger partial charge in [-0.15, -0.1) is 0 Å². The van der Waals surface area contributed by atoms with E-state index in [0.29, 0.717) is 36.8 Å². The van der Waals surface area contributed by atoms with Crippen molar-refractivity contribution >= 4 is 19.7 Å². The summed E-state index contributed by atoms with van der Waals surface area (Å²) in [5.74, 6) is 0.284. The maximum Gasteiger partial charge on any atom is 0.346 e. The second-order valence-corrected chi connectivity index (χ2v) is 29.6. The summed E-state index contributed by atoms with van der Waals surface area (Å²) in [5.41, 5.74) is 7.73. The Balaban J connectivity index is 0.000000304. The number of alkyl halides is 4. The van der Waals surface area contributed by atoms with Crippen LogP contribution in [0.5, 0.6) is 0 Å². The predicted molar refractivity (Wildman–Crippen MR) is 280 cm³/mol. The van der Waals surface area contributed by atoms with Crippen LogP contribution in [0.15, 0.2) is 94.2 Å². The fourth-order valence-electron chi connectivity index (χ4n) is 12.4. The SMILES string of the molecule is C.C=C1/C(=C\C=C2/CCC[C@]3(C)C([C@H](C)CCC(F)(F)S(=O)(=O)C(C)(C)C)=CC[C@@H]23)C[C@@H](O)C[C@@H]1O.C=C1/C(=C\C=C2/CCC[C@]3(C)C([C@H](C)CCC(F)(F)S(=O)(=O)C(C)(C)C)=CC[C@@H]23)C[C@H](O)C[C@H]1O. The van der Waals surface area contributed by atoms with Crippen LogP contribution in [0.1, 0.15) is 179 Å². The molecular weight excluding hydrogens is 953 g/mol. The Kier molecular flexibility index (Phi) is 19.1. The van der Waals surface area contributed by atoms with Gasteiger partial charge in [-0.2, -0.15) is 17.6 Å². The molecule has 14 heteroatoms. The van der Waals surface area contributed by atoms with Gasteiger partial charge in [-0.1, -0.05) is 107 Å². The van der Waals surface area contributed by atoms with Crippen molar-refractivity contribution in [2.45, 2.75) is 224 Å². The third-order valence-electron chi connectivity index (χ3n) is 16.9. The zero-order valence-corrected chi connectivity index (χ0v) is 45.2. The number of hydrogen-bond donors (Lipinski definition) is 4. The van der Waals surface area contributed by atoms with E-state index in [2.05, 4.69) is 51.3 Å². The fraction of sp³-hybridized carbons (Fsp3) is 0.719. The van der Waals surface area contributed by atoms with Gasteiger partial charge in [-0.3, -0.25) is 0 Å². The molecular formula is C57H88F4O8S2. The number of allylic oxidation sites excluding steroid dienone is 10. The van der Waals surface area contributed by atoms with Gasteiger partial charge in [0.15, 0.2) is 0 Å². The summed E-state index contributed by atoms with van der Waals surface area (Å²) in [6, 6.07) is 0. The minimum atomic E-state index is -4.58. The van der Waals surface area contributed by atoms with Crippen molar-refractivity contribution < 1.29 is 54.8 Å². The molecule has 4 N–H and O–H groups in total. The quantitative estimate of drug-likeness (QED) is 0.112. The lowest BCUT2D eigenvalue weighted by molar-refractivity contribution is 0.0720. The van der Waals surface area contributed by atoms with E-state index >= 15 is 0 Å². The topological polar surface area (TPSA) is 149 Å². The van der Waals surface area contributed by atoms with Crippen LogP contribution in [0.2, 0.25) is 0 Å². The Morgan fingerprint density at radius 1 is 0.634 bits per heavy atom. The highest BCUT2D eigenvalue weighted by Crippen LogP contribution is 2.59. The summed E-state index contributed by atoms with van der Waals surface area (Å²) >= 11 is 0. The van der Waals surface area contributed by atoms with Crippen LogP contribution in [0, 0.1) is 34.5 Å². The molecule has 0 aliphatic heterocycles. The Labute approximate surface area is 425 Å². The highest BCUT2D eigenvalue weighted by atomic mass is 32.2. The molecule has 0 heterocycles. The Morgan fingerprint density at radius 3 is 1.27 bits per heavy atom. The normalized spacial score (nSPS) is 33.2. The standard InChI is InChI=1S/2C28H42F2O4S.CH4/c2*1-18(13-15-28(29,30)35(33,34)26(3,4)5)23-11-12-24-20(8-7-14-27(23,24)6)9-10-21-16-22(31)17-25(32)19(21)2;/h2*9-11,18,22,24-25,31-32H,2,7-8,12-17H2,1,3-6H3;1H4/b2*20-9+,21-10-;/t18-,22+,24+,25-,27-;18-,22-,24+,25+,27-;/m11./s1. The summed E-state index contributed by atoms with van der Waals surface area (Å²) in [6.45, 7) is 24.2. The van der Waals surface area contributed by atoms with Gasteiger partial charge in [0, 0.05) is 25.7 Å². The number of aliphatic hydroxyl groups is 4. The molecule has 4 saturated carbocycles. The van der Waals surface area contributed by atoms with Gasteiger partial charge in [0.05, 0.1) is 33.9 Å². The zero-order valence-electron chi connectivity index (χ0n) is 43.6. The van der Waals surface area contributed by atoms with Crippen LogP contribution in [0.3, 0.4) is 0 Å². The Hall–Kier alpha value is -2.62. The van der Waals surface area contributed by atoms with E-state index in [1.54, 1.807) is 0 Å². The molecule has 404 valence electrons. The summed E-state index contributed by atoms with van der Waals surface area (Å²) in [4.78, 5) is 0. The first kappa shape index (κ1) is 60.9. The number of sulfone groups is 2. The fourth-order valence-corrected chi connectivity index (χ4v) is 15.0. The van der Waals surface area contributed by atoms with E-state index in [1.165, 1.54) is 52.7 Å². The van der Waals surface area contributed by atoms with Crippen LogP contribution < -0.4 is 0 Å². The molecule has 10 atom stereocenters. The van der Waals surface area contributed by atoms with Gasteiger partial charge in [-0.05, 0) is 175 Å². The molecule has 6 rings (SSSR count). The molecule has 0 aromatic carbocycles. The number of fused-ring (bicyclic) bond motifs is 2. The van der Waals surface area contributed by atoms with Crippen LogP contribution in [0.4, 0.5) is 17.6 Å². The molecule has 0 aromatic heterocycles. The van der Waals surface area contributed by atoms with E-state index in [9.17, 15) is 54.8 Å². The summed E-state index contributed by atoms with van der Waals surface area (Å²) < 4.78 is 105. The van der Waals surface area contributed by atoms with E-state index in [-0.39, 0.29) is 54.8 Å². The monoisotopic (exact) mass is 1040 g/mol. The lowest BCUT2D eigenvalue weighted by Gasteiger charge is -2.43. The maximum atomic E-state index is 14.7. The second-order valence-electron chi connectivity index (χ2n) is 24.0. The lowest BCUT2D eigenvalue weighted by atomic mass is 9.62. The highest BCUT2D eigenvalue weighted by molar-refractivity contribution is 7.94. The van der Waals surface area contributed by atoms with Gasteiger partial charge in [0.1, 0.15) is 0 Å². The minimum absolute atomic E-state index is 0. The number of rotatable bonds is 12. The van der Waals surface area contributed by atoms with Crippen molar-refractivity contribution in [2.75, 3.05) is 0 Å². The van der Waals surface area contributed by atoms with Crippen LogP contribution in [-0.2, 0) is 19.7 Å². The van der Waals surface area contributed by atoms with E-state index < -0.39 is 76.9 Å². The Morgan fingerprint density at radius 2 is 0.958 bits per heavy atom. The maximum absolute atomic E-state index is 14.7. The molecule has 8 nitrogen and oxygen atoms in total. The van der Waals surface area contributed by atoms with Crippen LogP contribution in [-0.4, -0.2) is 81.7 Å². The second kappa shape index (κ2) is 22.3. The molecule has 0 radical (unpaired) electrons. The van der Waals surface area contributed by atoms with Gasteiger partial charge in [0.25, 0.3) is 0 Å². The predicted octanol–water partition coefficient (Wildman–Crippen LogP) is 13.2. The van der Waals surface area contributed by atoms with Gasteiger partial charge < -0.3 is 20.4 Å². The minimum Gasteiger partial charge on any atom is -0.393 e. The first-order valence-corrected chi connectivity index (χ1v) is 28.5. The molecule has 0 spiro atoms. The summed E-state index contributed by atoms with van der Waals surface area (Å²) in [5, 5.41) is 32.8. The van der Waals surface area contributed by atoms with Crippen LogP contribution in [0.25, 0.3) is 0 Å². The van der Waals surface area contributed by atoms with Gasteiger partial charge in [-0.25, -0.2) is 16.8 Å². The average molecular weight is 1040 g/mol. The van der Waals surface area contributed by atoms with Crippen LogP contribution >= 0.6 is 0 Å². The van der Waals surface area contributed by atoms with Crippen molar-refractivity contribution in [1.29, 1.82) is 0 Å². The summed E-state index contributed by atoms with van der Waals surface area (Å²) in [6.07, 6.45) is 18.0. The first-order chi connectivity index (χ1) is 32.0. The number of halogens is 4. The molecule has 4 fully saturated rings. The summed E-state index contributed by atoms with van der Waals surface area (Å²) in [7, 11) is -9.17. The number of aliphatic hydroxyl groups excluding tert-OH is 4. The van der Waals surface area contributed by atoms with Gasteiger partial charge in [0.2, 0.25) is 19.7 Å². The van der Waals surface area contributed by atoms with E-state index in [1.807, 2.05) is 26.0 Å². The van der Waals surface area contributed by atoms with Crippen molar-refractivity contribution in [1.82, 2.24) is 0 Å². The van der Waals surface area contributed by atoms with Gasteiger partial charge >= 0.3 is 10.5 Å². The number of hydrogen-bond acceptors (Lipinski definition) is 8. The largest absolute Gasteiger partial charge is 0.393 e. The van der Waals surface area contributed by atoms with E-state index in [0.717, 1.165) is 73.7 Å². The highest BCUT2D eigenvalue weighted by Gasteiger charge is 2.54. The third-order valence-corrected chi connectivity index (χ3v) is 22.2. The third kappa shape index (κ3) is 12.6. The molecule has 6 aliphatic rings. The molecule has 0 aromatic rings. The van der Waals surface area contributed by atoms with Crippen molar-refractivity contribution in [3.05, 3.63) is 94.2 Å². The molecule has 0 amide bonds. The van der Waals surface area contributed by atoms with Crippen molar-refractivity contribution in [2.24, 2.45) is 34.5 Å². The van der Waals surface area contributed by atoms with Crippen molar-refractivity contribution in [3.8, 4) is 0 Å². The molecule has 6 aliphatic carbocycles. The van der Waals surface area contributed by atoms with E-state index in [4.69, 9.17) is 0 Å². The Bertz CT molecular complexity index is 2230. The lowest BCUT2D eigenvalue weighted by Crippen LogP contribution is -2.42. The average Bonchev–Trinajstić information content (AvgIpc) is 3.80. The molecule has 0 bridgehead atoms. The zero-order chi connectivity index (χ0) is 52.8. The smallest absolute Gasteiger partial charge is 0.346 e. The molecule has 0 unspecified atom stereocenters.